The minimum Gasteiger partial charge on any atom is -0.492 e. The average molecular weight is 490 g/mol. The summed E-state index contributed by atoms with van der Waals surface area (Å²) in [7, 11) is 0. The molecular formula is C27H28FN5O3. The molecule has 1 spiro atoms. The highest BCUT2D eigenvalue weighted by atomic mass is 19.1. The van der Waals surface area contributed by atoms with Crippen LogP contribution in [0, 0.1) is 17.1 Å². The second kappa shape index (κ2) is 8.29. The van der Waals surface area contributed by atoms with E-state index >= 15 is 0 Å². The third kappa shape index (κ3) is 3.72. The van der Waals surface area contributed by atoms with Crippen molar-refractivity contribution in [2.24, 2.45) is 0 Å². The number of carbonyl (C=O) groups is 1. The Morgan fingerprint density at radius 2 is 2.06 bits per heavy atom. The van der Waals surface area contributed by atoms with E-state index in [0.717, 1.165) is 24.3 Å². The van der Waals surface area contributed by atoms with Crippen molar-refractivity contribution in [3.05, 3.63) is 53.6 Å². The smallest absolute Gasteiger partial charge is 0.235 e. The van der Waals surface area contributed by atoms with Gasteiger partial charge in [-0.3, -0.25) is 9.69 Å². The van der Waals surface area contributed by atoms with Crippen molar-refractivity contribution in [2.75, 3.05) is 31.6 Å². The first-order chi connectivity index (χ1) is 17.3. The largest absolute Gasteiger partial charge is 0.492 e. The second-order valence-corrected chi connectivity index (χ2v) is 10.6. The molecule has 1 amide bonds. The molecule has 2 N–H and O–H groups in total. The molecule has 3 heterocycles. The number of imidazole rings is 1. The molecular weight excluding hydrogens is 461 g/mol. The highest BCUT2D eigenvalue weighted by molar-refractivity contribution is 6.06. The van der Waals surface area contributed by atoms with Gasteiger partial charge in [-0.1, -0.05) is 0 Å². The van der Waals surface area contributed by atoms with Crippen LogP contribution in [0.5, 0.6) is 5.75 Å². The Bertz CT molecular complexity index is 1390. The molecule has 0 unspecified atom stereocenters. The first kappa shape index (κ1) is 23.0. The normalized spacial score (nSPS) is 24.8. The van der Waals surface area contributed by atoms with Gasteiger partial charge in [0, 0.05) is 30.4 Å². The second-order valence-electron chi connectivity index (χ2n) is 10.6. The van der Waals surface area contributed by atoms with Gasteiger partial charge in [0.05, 0.1) is 34.5 Å². The molecule has 1 saturated heterocycles. The fourth-order valence-electron chi connectivity index (χ4n) is 6.04. The molecule has 8 nitrogen and oxygen atoms in total. The maximum atomic E-state index is 14.9. The van der Waals surface area contributed by atoms with Crippen LogP contribution in [0.2, 0.25) is 0 Å². The molecule has 0 radical (unpaired) electrons. The summed E-state index contributed by atoms with van der Waals surface area (Å²) in [6, 6.07) is 10.8. The fraction of sp³-hybridized carbons (Fsp3) is 0.444. The molecule has 3 aromatic rings. The number of nitrogens with one attached hydrogen (secondary N) is 1. The summed E-state index contributed by atoms with van der Waals surface area (Å²) in [6.07, 6.45) is 4.15. The number of aliphatic hydroxyl groups is 1. The number of amides is 1. The maximum Gasteiger partial charge on any atom is 0.235 e. The van der Waals surface area contributed by atoms with Crippen molar-refractivity contribution in [1.29, 1.82) is 5.26 Å². The third-order valence-corrected chi connectivity index (χ3v) is 8.07. The van der Waals surface area contributed by atoms with Crippen LogP contribution in [0.25, 0.3) is 11.0 Å². The Morgan fingerprint density at radius 3 is 2.78 bits per heavy atom. The monoisotopic (exact) mass is 489 g/mol. The Kier molecular flexibility index (Phi) is 5.28. The Hall–Kier alpha value is -3.48. The summed E-state index contributed by atoms with van der Waals surface area (Å²) in [5.74, 6) is 0.0683. The molecule has 2 fully saturated rings. The van der Waals surface area contributed by atoms with Crippen molar-refractivity contribution in [2.45, 2.75) is 49.7 Å². The maximum absolute atomic E-state index is 14.9. The number of halogens is 1. The van der Waals surface area contributed by atoms with Gasteiger partial charge in [-0.05, 0) is 69.5 Å². The van der Waals surface area contributed by atoms with E-state index in [-0.39, 0.29) is 17.8 Å². The Balaban J connectivity index is 1.07. The van der Waals surface area contributed by atoms with Gasteiger partial charge >= 0.3 is 0 Å². The summed E-state index contributed by atoms with van der Waals surface area (Å²) >= 11 is 0. The van der Waals surface area contributed by atoms with Gasteiger partial charge in [0.1, 0.15) is 17.9 Å². The molecule has 186 valence electrons. The van der Waals surface area contributed by atoms with Crippen LogP contribution in [-0.4, -0.2) is 57.3 Å². The summed E-state index contributed by atoms with van der Waals surface area (Å²) in [4.78, 5) is 19.5. The zero-order valence-corrected chi connectivity index (χ0v) is 20.1. The number of rotatable bonds is 5. The molecule has 1 aromatic heterocycles. The number of nitrogens with zero attached hydrogens (tertiary/aromatic N) is 4. The van der Waals surface area contributed by atoms with Crippen molar-refractivity contribution in [3.8, 4) is 11.8 Å². The van der Waals surface area contributed by atoms with Gasteiger partial charge in [0.2, 0.25) is 5.91 Å². The lowest BCUT2D eigenvalue weighted by Gasteiger charge is -2.41. The number of carbonyl (C=O) groups excluding carboxylic acids is 1. The number of likely N-dealkylation sites (tertiary alicyclic amines) is 1. The number of nitriles is 1. The number of benzene rings is 2. The third-order valence-electron chi connectivity index (χ3n) is 8.07. The number of ether oxygens (including phenoxy) is 1. The predicted octanol–water partition coefficient (Wildman–Crippen LogP) is 3.50. The number of hydrogen-bond donors (Lipinski definition) is 2. The Morgan fingerprint density at radius 1 is 1.28 bits per heavy atom. The summed E-state index contributed by atoms with van der Waals surface area (Å²) in [6.45, 7) is 4.31. The number of piperidine rings is 1. The van der Waals surface area contributed by atoms with Crippen LogP contribution >= 0.6 is 0 Å². The van der Waals surface area contributed by atoms with Crippen LogP contribution in [0.1, 0.15) is 49.8 Å². The lowest BCUT2D eigenvalue weighted by atomic mass is 9.73. The number of hydrogen-bond acceptors (Lipinski definition) is 6. The molecule has 1 aliphatic carbocycles. The van der Waals surface area contributed by atoms with Gasteiger partial charge in [-0.2, -0.15) is 5.26 Å². The fourth-order valence-corrected chi connectivity index (χ4v) is 6.04. The molecule has 0 bridgehead atoms. The van der Waals surface area contributed by atoms with Crippen LogP contribution in [-0.2, 0) is 10.2 Å². The average Bonchev–Trinajstić information content (AvgIpc) is 3.38. The minimum atomic E-state index is -0.695. The van der Waals surface area contributed by atoms with Gasteiger partial charge < -0.3 is 19.7 Å². The first-order valence-corrected chi connectivity index (χ1v) is 12.4. The molecule has 6 rings (SSSR count). The van der Waals surface area contributed by atoms with Gasteiger partial charge in [-0.15, -0.1) is 0 Å². The van der Waals surface area contributed by atoms with E-state index in [1.165, 1.54) is 6.07 Å². The Labute approximate surface area is 208 Å². The first-order valence-electron chi connectivity index (χ1n) is 12.4. The number of fused-ring (bicyclic) bond motifs is 3. The van der Waals surface area contributed by atoms with E-state index in [2.05, 4.69) is 21.3 Å². The van der Waals surface area contributed by atoms with Crippen LogP contribution < -0.4 is 10.1 Å². The van der Waals surface area contributed by atoms with E-state index < -0.39 is 11.0 Å². The van der Waals surface area contributed by atoms with E-state index in [0.29, 0.717) is 61.2 Å². The van der Waals surface area contributed by atoms with Crippen LogP contribution in [0.3, 0.4) is 0 Å². The highest BCUT2D eigenvalue weighted by Gasteiger charge is 2.48. The van der Waals surface area contributed by atoms with Crippen LogP contribution in [0.4, 0.5) is 10.1 Å². The summed E-state index contributed by atoms with van der Waals surface area (Å²) in [5.41, 5.74) is 2.00. The molecule has 9 heteroatoms. The van der Waals surface area contributed by atoms with Crippen molar-refractivity contribution in [3.63, 3.8) is 0 Å². The van der Waals surface area contributed by atoms with Gasteiger partial charge in [0.15, 0.2) is 5.82 Å². The molecule has 1 saturated carbocycles. The minimum absolute atomic E-state index is 0.0113. The summed E-state index contributed by atoms with van der Waals surface area (Å²) < 4.78 is 22.6. The molecule has 2 aliphatic heterocycles. The summed E-state index contributed by atoms with van der Waals surface area (Å²) in [5, 5.41) is 22.3. The zero-order chi connectivity index (χ0) is 25.1. The zero-order valence-electron chi connectivity index (χ0n) is 20.1. The van der Waals surface area contributed by atoms with Crippen molar-refractivity contribution in [1.82, 2.24) is 14.5 Å². The molecule has 2 aromatic carbocycles. The topological polar surface area (TPSA) is 103 Å². The van der Waals surface area contributed by atoms with E-state index in [4.69, 9.17) is 4.74 Å². The van der Waals surface area contributed by atoms with E-state index in [1.807, 2.05) is 16.7 Å². The van der Waals surface area contributed by atoms with Gasteiger partial charge in [0.25, 0.3) is 0 Å². The number of anilines is 1. The molecule has 36 heavy (non-hydrogen) atoms. The lowest BCUT2D eigenvalue weighted by Crippen LogP contribution is -2.47. The lowest BCUT2D eigenvalue weighted by molar-refractivity contribution is -0.122. The highest BCUT2D eigenvalue weighted by Crippen LogP contribution is 2.45. The molecule has 0 atom stereocenters. The number of aromatic nitrogens is 2. The van der Waals surface area contributed by atoms with Crippen molar-refractivity contribution >= 4 is 22.6 Å². The molecule has 3 aliphatic rings. The van der Waals surface area contributed by atoms with Crippen molar-refractivity contribution < 1.29 is 19.0 Å². The van der Waals surface area contributed by atoms with E-state index in [9.17, 15) is 19.6 Å². The quantitative estimate of drug-likeness (QED) is 0.569. The SMILES string of the molecule is CC1(O)CC(n2cnc3cc(OCCN4CCC5(CC4)C(=O)Nc4ccc(C#N)cc45)cc(F)c32)C1. The standard InChI is InChI=1S/C27H28FN5O3/c1-26(35)13-18(14-26)33-16-30-23-12-19(11-21(28)24(23)33)36-9-8-32-6-4-27(5-7-32)20-10-17(15-29)2-3-22(20)31-25(27)34/h2-3,10-12,16,18,35H,4-9,13-14H2,1H3,(H,31,34). The predicted molar refractivity (Wildman–Crippen MR) is 131 cm³/mol. The van der Waals surface area contributed by atoms with Gasteiger partial charge in [-0.25, -0.2) is 9.37 Å². The van der Waals surface area contributed by atoms with E-state index in [1.54, 1.807) is 25.4 Å². The van der Waals surface area contributed by atoms with Crippen LogP contribution in [0.15, 0.2) is 36.7 Å².